The van der Waals surface area contributed by atoms with Crippen molar-refractivity contribution in [1.82, 2.24) is 0 Å². The molecule has 0 saturated carbocycles. The summed E-state index contributed by atoms with van der Waals surface area (Å²) in [5.74, 6) is 1.91. The van der Waals surface area contributed by atoms with Gasteiger partial charge in [0, 0.05) is 11.1 Å². The molecule has 1 aliphatic heterocycles. The van der Waals surface area contributed by atoms with Gasteiger partial charge >= 0.3 is 0 Å². The number of ether oxygens (including phenoxy) is 2. The number of allylic oxidation sites excluding steroid dienone is 1. The lowest BCUT2D eigenvalue weighted by atomic mass is 9.98. The number of fused-ring (bicyclic) bond motifs is 4. The topological polar surface area (TPSA) is 18.5 Å². The van der Waals surface area contributed by atoms with Crippen LogP contribution in [-0.4, -0.2) is 13.7 Å². The molecule has 0 atom stereocenters. The number of hydrogen-bond donors (Lipinski definition) is 0. The van der Waals surface area contributed by atoms with Crippen LogP contribution >= 0.6 is 0 Å². The predicted molar refractivity (Wildman–Crippen MR) is 75.4 cm³/mol. The van der Waals surface area contributed by atoms with Crippen LogP contribution in [0.4, 0.5) is 0 Å². The van der Waals surface area contributed by atoms with Crippen LogP contribution in [0.2, 0.25) is 0 Å². The molecule has 2 aliphatic rings. The lowest BCUT2D eigenvalue weighted by molar-refractivity contribution is 0.365. The third-order valence-corrected chi connectivity index (χ3v) is 3.96. The summed E-state index contributed by atoms with van der Waals surface area (Å²) in [6, 6.07) is 14.6. The van der Waals surface area contributed by atoms with Crippen LogP contribution in [-0.2, 0) is 6.42 Å². The standard InChI is InChI=1S/C17H14O2/c1-18-12-7-6-11-8-15-13-4-2-3-5-17(13)19-10-16(15)14(11)9-12/h2-7,9H,8,10H2,1H3. The van der Waals surface area contributed by atoms with Gasteiger partial charge in [-0.2, -0.15) is 0 Å². The highest BCUT2D eigenvalue weighted by atomic mass is 16.5. The second-order valence-corrected chi connectivity index (χ2v) is 4.94. The molecule has 0 saturated heterocycles. The zero-order chi connectivity index (χ0) is 12.8. The van der Waals surface area contributed by atoms with Gasteiger partial charge in [0.25, 0.3) is 0 Å². The number of benzene rings is 2. The van der Waals surface area contributed by atoms with Gasteiger partial charge in [-0.3, -0.25) is 0 Å². The van der Waals surface area contributed by atoms with Gasteiger partial charge in [0.1, 0.15) is 18.1 Å². The molecule has 0 bridgehead atoms. The van der Waals surface area contributed by atoms with Crippen LogP contribution in [0, 0.1) is 0 Å². The molecule has 4 rings (SSSR count). The van der Waals surface area contributed by atoms with Gasteiger partial charge in [0.15, 0.2) is 0 Å². The van der Waals surface area contributed by atoms with Crippen molar-refractivity contribution >= 4 is 11.1 Å². The first-order valence-electron chi connectivity index (χ1n) is 6.48. The van der Waals surface area contributed by atoms with Crippen LogP contribution in [0.3, 0.4) is 0 Å². The van der Waals surface area contributed by atoms with E-state index in [1.54, 1.807) is 7.11 Å². The normalized spacial score (nSPS) is 15.4. The zero-order valence-electron chi connectivity index (χ0n) is 10.8. The fourth-order valence-electron chi connectivity index (χ4n) is 2.99. The smallest absolute Gasteiger partial charge is 0.127 e. The van der Waals surface area contributed by atoms with Gasteiger partial charge < -0.3 is 9.47 Å². The molecule has 2 aromatic rings. The van der Waals surface area contributed by atoms with E-state index < -0.39 is 0 Å². The fraction of sp³-hybridized carbons (Fsp3) is 0.176. The molecule has 2 heteroatoms. The van der Waals surface area contributed by atoms with E-state index in [2.05, 4.69) is 24.3 Å². The van der Waals surface area contributed by atoms with E-state index in [1.807, 2.05) is 18.2 Å². The summed E-state index contributed by atoms with van der Waals surface area (Å²) in [4.78, 5) is 0. The second-order valence-electron chi connectivity index (χ2n) is 4.94. The monoisotopic (exact) mass is 250 g/mol. The Labute approximate surface area is 112 Å². The van der Waals surface area contributed by atoms with Crippen LogP contribution in [0.15, 0.2) is 42.5 Å². The van der Waals surface area contributed by atoms with E-state index in [4.69, 9.17) is 9.47 Å². The summed E-state index contributed by atoms with van der Waals surface area (Å²) in [5, 5.41) is 0. The Morgan fingerprint density at radius 1 is 1.00 bits per heavy atom. The van der Waals surface area contributed by atoms with Crippen molar-refractivity contribution in [2.24, 2.45) is 0 Å². The number of hydrogen-bond acceptors (Lipinski definition) is 2. The lowest BCUT2D eigenvalue weighted by Crippen LogP contribution is -2.07. The first-order chi connectivity index (χ1) is 9.36. The fourth-order valence-corrected chi connectivity index (χ4v) is 2.99. The summed E-state index contributed by atoms with van der Waals surface area (Å²) in [6.07, 6.45) is 0.995. The van der Waals surface area contributed by atoms with Gasteiger partial charge in [-0.05, 0) is 41.3 Å². The maximum absolute atomic E-state index is 5.87. The predicted octanol–water partition coefficient (Wildman–Crippen LogP) is 3.55. The molecule has 0 unspecified atom stereocenters. The van der Waals surface area contributed by atoms with Crippen molar-refractivity contribution in [3.05, 3.63) is 59.2 Å². The van der Waals surface area contributed by atoms with Gasteiger partial charge in [0.05, 0.1) is 7.11 Å². The average molecular weight is 250 g/mol. The van der Waals surface area contributed by atoms with E-state index in [-0.39, 0.29) is 0 Å². The molecule has 0 amide bonds. The number of rotatable bonds is 1. The van der Waals surface area contributed by atoms with E-state index in [0.29, 0.717) is 6.61 Å². The Morgan fingerprint density at radius 3 is 2.79 bits per heavy atom. The van der Waals surface area contributed by atoms with Crippen molar-refractivity contribution in [3.63, 3.8) is 0 Å². The van der Waals surface area contributed by atoms with Crippen LogP contribution < -0.4 is 9.47 Å². The Balaban J connectivity index is 1.89. The maximum Gasteiger partial charge on any atom is 0.127 e. The second kappa shape index (κ2) is 3.89. The molecule has 2 nitrogen and oxygen atoms in total. The highest BCUT2D eigenvalue weighted by Crippen LogP contribution is 2.45. The van der Waals surface area contributed by atoms with E-state index in [9.17, 15) is 0 Å². The molecule has 0 fully saturated rings. The van der Waals surface area contributed by atoms with Gasteiger partial charge in [0.2, 0.25) is 0 Å². The Kier molecular flexibility index (Phi) is 2.18. The van der Waals surface area contributed by atoms with E-state index >= 15 is 0 Å². The highest BCUT2D eigenvalue weighted by molar-refractivity contribution is 6.00. The first-order valence-corrected chi connectivity index (χ1v) is 6.48. The zero-order valence-corrected chi connectivity index (χ0v) is 10.8. The van der Waals surface area contributed by atoms with Crippen molar-refractivity contribution in [1.29, 1.82) is 0 Å². The van der Waals surface area contributed by atoms with Crippen molar-refractivity contribution in [2.45, 2.75) is 6.42 Å². The maximum atomic E-state index is 5.87. The minimum atomic E-state index is 0.659. The van der Waals surface area contributed by atoms with Crippen LogP contribution in [0.25, 0.3) is 11.1 Å². The summed E-state index contributed by atoms with van der Waals surface area (Å²) in [5.41, 5.74) is 6.60. The third kappa shape index (κ3) is 1.49. The Bertz CT molecular complexity index is 698. The summed E-state index contributed by atoms with van der Waals surface area (Å²) in [6.45, 7) is 0.659. The SMILES string of the molecule is COc1ccc2c(c1)C1=C(C2)c2ccccc2OC1. The first kappa shape index (κ1) is 10.7. The van der Waals surface area contributed by atoms with Gasteiger partial charge in [-0.25, -0.2) is 0 Å². The molecule has 0 radical (unpaired) electrons. The highest BCUT2D eigenvalue weighted by Gasteiger charge is 2.28. The van der Waals surface area contributed by atoms with E-state index in [1.165, 1.54) is 27.8 Å². The molecule has 0 spiro atoms. The third-order valence-electron chi connectivity index (χ3n) is 3.96. The summed E-state index contributed by atoms with van der Waals surface area (Å²) in [7, 11) is 1.71. The van der Waals surface area contributed by atoms with Gasteiger partial charge in [-0.1, -0.05) is 24.3 Å². The molecule has 0 aromatic heterocycles. The van der Waals surface area contributed by atoms with Crippen LogP contribution in [0.5, 0.6) is 11.5 Å². The van der Waals surface area contributed by atoms with Gasteiger partial charge in [-0.15, -0.1) is 0 Å². The van der Waals surface area contributed by atoms with E-state index in [0.717, 1.165) is 17.9 Å². The Hall–Kier alpha value is -2.22. The quantitative estimate of drug-likeness (QED) is 0.770. The lowest BCUT2D eigenvalue weighted by Gasteiger charge is -2.20. The van der Waals surface area contributed by atoms with Crippen molar-refractivity contribution in [3.8, 4) is 11.5 Å². The number of para-hydroxylation sites is 1. The average Bonchev–Trinajstić information content (AvgIpc) is 2.85. The molecular weight excluding hydrogens is 236 g/mol. The Morgan fingerprint density at radius 2 is 1.89 bits per heavy atom. The molecule has 2 aromatic carbocycles. The minimum absolute atomic E-state index is 0.659. The van der Waals surface area contributed by atoms with Crippen molar-refractivity contribution in [2.75, 3.05) is 13.7 Å². The molecular formula is C17H14O2. The molecule has 1 heterocycles. The molecule has 1 aliphatic carbocycles. The van der Waals surface area contributed by atoms with Crippen LogP contribution in [0.1, 0.15) is 16.7 Å². The molecule has 19 heavy (non-hydrogen) atoms. The van der Waals surface area contributed by atoms with Crippen molar-refractivity contribution < 1.29 is 9.47 Å². The summed E-state index contributed by atoms with van der Waals surface area (Å²) < 4.78 is 11.2. The molecule has 0 N–H and O–H groups in total. The molecule has 94 valence electrons. The minimum Gasteiger partial charge on any atom is -0.497 e. The summed E-state index contributed by atoms with van der Waals surface area (Å²) >= 11 is 0. The largest absolute Gasteiger partial charge is 0.497 e. The number of methoxy groups -OCH3 is 1.